The summed E-state index contributed by atoms with van der Waals surface area (Å²) in [5.74, 6) is 0. The van der Waals surface area contributed by atoms with E-state index >= 15 is 0 Å². The summed E-state index contributed by atoms with van der Waals surface area (Å²) in [4.78, 5) is 0. The molecule has 0 N–H and O–H groups in total. The molecule has 0 bridgehead atoms. The molecule has 0 amide bonds. The second-order valence-corrected chi connectivity index (χ2v) is 5.52. The molecule has 1 aromatic heterocycles. The molecular weight excluding hydrogens is 254 g/mol. The van der Waals surface area contributed by atoms with Crippen molar-refractivity contribution in [2.45, 2.75) is 46.5 Å². The van der Waals surface area contributed by atoms with Crippen molar-refractivity contribution in [1.29, 1.82) is 0 Å². The molecule has 0 spiro atoms. The Hall–Kier alpha value is -1.76. The monoisotopic (exact) mass is 283 g/mol. The zero-order valence-corrected chi connectivity index (χ0v) is 14.1. The molecule has 0 radical (unpaired) electrons. The molecule has 0 aliphatic rings. The Kier molecular flexibility index (Phi) is 7.01. The summed E-state index contributed by atoms with van der Waals surface area (Å²) in [5, 5.41) is 0. The van der Waals surface area contributed by atoms with Crippen LogP contribution in [0.5, 0.6) is 0 Å². The minimum absolute atomic E-state index is 1.03. The van der Waals surface area contributed by atoms with Crippen LogP contribution in [0.4, 0.5) is 0 Å². The quantitative estimate of drug-likeness (QED) is 0.510. The normalized spacial score (nSPS) is 12.1. The van der Waals surface area contributed by atoms with Gasteiger partial charge in [0.2, 0.25) is 0 Å². The summed E-state index contributed by atoms with van der Waals surface area (Å²) in [6.45, 7) is 14.6. The van der Waals surface area contributed by atoms with Crippen LogP contribution in [0.1, 0.15) is 56.4 Å². The SMILES string of the molecule is C=C/C=C\c1c(/C=C(\CC)C(=C)CCCC)cn(C)c1C. The molecule has 0 aliphatic heterocycles. The minimum atomic E-state index is 1.03. The highest BCUT2D eigenvalue weighted by molar-refractivity contribution is 5.70. The highest BCUT2D eigenvalue weighted by Gasteiger charge is 2.08. The molecule has 1 heteroatoms. The lowest BCUT2D eigenvalue weighted by Gasteiger charge is -2.08. The molecule has 0 fully saturated rings. The number of hydrogen-bond donors (Lipinski definition) is 0. The number of nitrogens with zero attached hydrogens (tertiary/aromatic N) is 1. The van der Waals surface area contributed by atoms with Crippen molar-refractivity contribution in [2.24, 2.45) is 7.05 Å². The summed E-state index contributed by atoms with van der Waals surface area (Å²) < 4.78 is 2.18. The molecule has 0 saturated carbocycles. The third-order valence-electron chi connectivity index (χ3n) is 3.96. The third-order valence-corrected chi connectivity index (χ3v) is 3.96. The predicted molar refractivity (Wildman–Crippen MR) is 96.3 cm³/mol. The lowest BCUT2D eigenvalue weighted by atomic mass is 9.97. The number of hydrogen-bond acceptors (Lipinski definition) is 0. The highest BCUT2D eigenvalue weighted by Crippen LogP contribution is 2.26. The van der Waals surface area contributed by atoms with E-state index in [9.17, 15) is 0 Å². The van der Waals surface area contributed by atoms with Crippen molar-refractivity contribution in [3.63, 3.8) is 0 Å². The molecular formula is C20H29N. The maximum Gasteiger partial charge on any atom is 0.0219 e. The van der Waals surface area contributed by atoms with Gasteiger partial charge in [-0.2, -0.15) is 0 Å². The van der Waals surface area contributed by atoms with Gasteiger partial charge in [0.1, 0.15) is 0 Å². The topological polar surface area (TPSA) is 4.93 Å². The molecule has 1 heterocycles. The molecule has 114 valence electrons. The number of rotatable bonds is 8. The van der Waals surface area contributed by atoms with Crippen LogP contribution < -0.4 is 0 Å². The fraction of sp³-hybridized carbons (Fsp3) is 0.400. The molecule has 0 aromatic carbocycles. The summed E-state index contributed by atoms with van der Waals surface area (Å²) >= 11 is 0. The Morgan fingerprint density at radius 2 is 2.05 bits per heavy atom. The third kappa shape index (κ3) is 4.63. The molecule has 1 aromatic rings. The van der Waals surface area contributed by atoms with Gasteiger partial charge in [-0.15, -0.1) is 0 Å². The van der Waals surface area contributed by atoms with E-state index in [1.165, 1.54) is 40.8 Å². The van der Waals surface area contributed by atoms with Crippen molar-refractivity contribution in [3.05, 3.63) is 59.5 Å². The smallest absolute Gasteiger partial charge is 0.0219 e. The Morgan fingerprint density at radius 3 is 2.62 bits per heavy atom. The van der Waals surface area contributed by atoms with E-state index in [0.717, 1.165) is 12.8 Å². The number of unbranched alkanes of at least 4 members (excludes halogenated alkanes) is 1. The predicted octanol–water partition coefficient (Wildman–Crippen LogP) is 6.07. The van der Waals surface area contributed by atoms with Gasteiger partial charge in [0, 0.05) is 24.5 Å². The first kappa shape index (κ1) is 17.3. The Labute approximate surface area is 130 Å². The lowest BCUT2D eigenvalue weighted by Crippen LogP contribution is -1.89. The van der Waals surface area contributed by atoms with E-state index in [0.29, 0.717) is 0 Å². The Morgan fingerprint density at radius 1 is 1.33 bits per heavy atom. The molecule has 0 atom stereocenters. The zero-order valence-electron chi connectivity index (χ0n) is 14.1. The van der Waals surface area contributed by atoms with Crippen LogP contribution in [0.2, 0.25) is 0 Å². The molecule has 1 rings (SSSR count). The summed E-state index contributed by atoms with van der Waals surface area (Å²) in [6, 6.07) is 0. The molecule has 0 unspecified atom stereocenters. The van der Waals surface area contributed by atoms with E-state index in [2.05, 4.69) is 63.9 Å². The van der Waals surface area contributed by atoms with E-state index in [4.69, 9.17) is 0 Å². The average molecular weight is 283 g/mol. The summed E-state index contributed by atoms with van der Waals surface area (Å²) in [6.07, 6.45) is 15.0. The molecule has 21 heavy (non-hydrogen) atoms. The molecule has 1 nitrogen and oxygen atoms in total. The van der Waals surface area contributed by atoms with Crippen molar-refractivity contribution >= 4 is 12.2 Å². The second kappa shape index (κ2) is 8.51. The fourth-order valence-corrected chi connectivity index (χ4v) is 2.46. The molecule has 0 saturated heterocycles. The second-order valence-electron chi connectivity index (χ2n) is 5.52. The lowest BCUT2D eigenvalue weighted by molar-refractivity contribution is 0.788. The first-order valence-corrected chi connectivity index (χ1v) is 7.88. The van der Waals surface area contributed by atoms with Crippen molar-refractivity contribution in [2.75, 3.05) is 0 Å². The summed E-state index contributed by atoms with van der Waals surface area (Å²) in [7, 11) is 2.09. The number of allylic oxidation sites excluding steroid dienone is 4. The number of aryl methyl sites for hydroxylation is 1. The van der Waals surface area contributed by atoms with Gasteiger partial charge in [-0.1, -0.05) is 57.2 Å². The van der Waals surface area contributed by atoms with Gasteiger partial charge >= 0.3 is 0 Å². The van der Waals surface area contributed by atoms with Gasteiger partial charge in [0.05, 0.1) is 0 Å². The first-order valence-electron chi connectivity index (χ1n) is 7.88. The van der Waals surface area contributed by atoms with Gasteiger partial charge in [-0.05, 0) is 43.4 Å². The van der Waals surface area contributed by atoms with Gasteiger partial charge in [-0.25, -0.2) is 0 Å². The van der Waals surface area contributed by atoms with Crippen LogP contribution in [-0.4, -0.2) is 4.57 Å². The van der Waals surface area contributed by atoms with Gasteiger partial charge < -0.3 is 4.57 Å². The zero-order chi connectivity index (χ0) is 15.8. The maximum atomic E-state index is 4.27. The molecule has 0 aliphatic carbocycles. The van der Waals surface area contributed by atoms with Crippen LogP contribution in [0.15, 0.2) is 42.7 Å². The Bertz CT molecular complexity index is 553. The van der Waals surface area contributed by atoms with Crippen LogP contribution >= 0.6 is 0 Å². The van der Waals surface area contributed by atoms with Crippen molar-refractivity contribution in [1.82, 2.24) is 4.57 Å². The fourth-order valence-electron chi connectivity index (χ4n) is 2.46. The first-order chi connectivity index (χ1) is 10.0. The van der Waals surface area contributed by atoms with Crippen molar-refractivity contribution < 1.29 is 0 Å². The number of aromatic nitrogens is 1. The van der Waals surface area contributed by atoms with Crippen LogP contribution in [0, 0.1) is 6.92 Å². The van der Waals surface area contributed by atoms with Gasteiger partial charge in [0.25, 0.3) is 0 Å². The average Bonchev–Trinajstić information content (AvgIpc) is 2.74. The van der Waals surface area contributed by atoms with Crippen LogP contribution in [-0.2, 0) is 7.05 Å². The maximum absolute atomic E-state index is 4.27. The summed E-state index contributed by atoms with van der Waals surface area (Å²) in [5.41, 5.74) is 6.45. The minimum Gasteiger partial charge on any atom is -0.353 e. The van der Waals surface area contributed by atoms with E-state index in [-0.39, 0.29) is 0 Å². The van der Waals surface area contributed by atoms with E-state index in [1.807, 2.05) is 12.2 Å². The highest BCUT2D eigenvalue weighted by atomic mass is 14.9. The van der Waals surface area contributed by atoms with Crippen LogP contribution in [0.25, 0.3) is 12.2 Å². The van der Waals surface area contributed by atoms with Crippen LogP contribution in [0.3, 0.4) is 0 Å². The van der Waals surface area contributed by atoms with Gasteiger partial charge in [0.15, 0.2) is 0 Å². The van der Waals surface area contributed by atoms with E-state index < -0.39 is 0 Å². The van der Waals surface area contributed by atoms with E-state index in [1.54, 1.807) is 0 Å². The van der Waals surface area contributed by atoms with Gasteiger partial charge in [-0.3, -0.25) is 0 Å². The Balaban J connectivity index is 3.16. The van der Waals surface area contributed by atoms with Crippen molar-refractivity contribution in [3.8, 4) is 0 Å². The standard InChI is InChI=1S/C20H29N/c1-7-10-12-16(4)18(9-3)14-19-15-21(6)17(5)20(19)13-11-8-2/h8,11,13-15H,2,4,7,9-10,12H2,1,3,5-6H3/b13-11-,18-14+. The largest absolute Gasteiger partial charge is 0.353 e.